The number of aromatic nitrogens is 1. The summed E-state index contributed by atoms with van der Waals surface area (Å²) in [6.07, 6.45) is 2.06. The minimum atomic E-state index is -0.432. The second kappa shape index (κ2) is 3.68. The van der Waals surface area contributed by atoms with Gasteiger partial charge in [-0.2, -0.15) is 5.26 Å². The fraction of sp³-hybridized carbons (Fsp3) is 0.231. The lowest BCUT2D eigenvalue weighted by Gasteiger charge is -2.05. The summed E-state index contributed by atoms with van der Waals surface area (Å²) in [6.45, 7) is 0. The average Bonchev–Trinajstić information content (AvgIpc) is 3.11. The van der Waals surface area contributed by atoms with Gasteiger partial charge in [-0.15, -0.1) is 0 Å². The first kappa shape index (κ1) is 10.5. The number of fused-ring (bicyclic) bond motifs is 1. The Morgan fingerprint density at radius 1 is 1.35 bits per heavy atom. The highest BCUT2D eigenvalue weighted by atomic mass is 35.5. The van der Waals surface area contributed by atoms with Crippen molar-refractivity contribution in [3.8, 4) is 6.07 Å². The number of nitriles is 1. The topological polar surface area (TPSA) is 36.7 Å². The molecule has 0 radical (unpaired) electrons. The Morgan fingerprint density at radius 3 is 2.76 bits per heavy atom. The molecule has 84 valence electrons. The Balaban J connectivity index is 2.33. The molecular weight excluding hydrogens is 239 g/mol. The third-order valence-electron chi connectivity index (χ3n) is 2.95. The molecule has 1 aliphatic carbocycles. The maximum absolute atomic E-state index is 13.7. The van der Waals surface area contributed by atoms with E-state index >= 15 is 0 Å². The second-order valence-corrected chi connectivity index (χ2v) is 4.70. The molecule has 0 atom stereocenters. The molecule has 2 aromatic rings. The van der Waals surface area contributed by atoms with Crippen LogP contribution >= 0.6 is 11.6 Å². The number of nitrogens with zero attached hydrogens (tertiary/aromatic N) is 2. The van der Waals surface area contributed by atoms with E-state index in [1.54, 1.807) is 12.1 Å². The molecule has 4 heteroatoms. The number of hydrogen-bond donors (Lipinski definition) is 0. The van der Waals surface area contributed by atoms with E-state index in [0.29, 0.717) is 27.4 Å². The summed E-state index contributed by atoms with van der Waals surface area (Å²) in [6, 6.07) is 6.67. The van der Waals surface area contributed by atoms with Crippen LogP contribution in [0.5, 0.6) is 0 Å². The van der Waals surface area contributed by atoms with Crippen LogP contribution in [-0.2, 0) is 0 Å². The first-order valence-electron chi connectivity index (χ1n) is 5.39. The van der Waals surface area contributed by atoms with Gasteiger partial charge >= 0.3 is 0 Å². The molecular formula is C13H8ClFN2. The molecule has 0 saturated heterocycles. The monoisotopic (exact) mass is 246 g/mol. The number of rotatable bonds is 1. The minimum absolute atomic E-state index is 0.301. The van der Waals surface area contributed by atoms with Crippen molar-refractivity contribution in [1.29, 1.82) is 5.26 Å². The zero-order valence-corrected chi connectivity index (χ0v) is 9.63. The molecule has 0 N–H and O–H groups in total. The van der Waals surface area contributed by atoms with Crippen LogP contribution in [0.3, 0.4) is 0 Å². The van der Waals surface area contributed by atoms with E-state index in [2.05, 4.69) is 11.1 Å². The maximum atomic E-state index is 13.7. The summed E-state index contributed by atoms with van der Waals surface area (Å²) in [5.74, 6) is -0.108. The standard InChI is InChI=1S/C13H8ClFN2/c14-10-4-8-3-9(6-16)12(7-1-2-7)17-13(8)11(15)5-10/h3-5,7H,1-2H2. The Morgan fingerprint density at radius 2 is 2.12 bits per heavy atom. The Labute approximate surface area is 103 Å². The Kier molecular flexibility index (Phi) is 2.27. The molecule has 0 amide bonds. The summed E-state index contributed by atoms with van der Waals surface area (Å²) in [5, 5.41) is 9.98. The van der Waals surface area contributed by atoms with Crippen molar-refractivity contribution >= 4 is 22.5 Å². The number of hydrogen-bond acceptors (Lipinski definition) is 2. The third-order valence-corrected chi connectivity index (χ3v) is 3.17. The van der Waals surface area contributed by atoms with Gasteiger partial charge < -0.3 is 0 Å². The highest BCUT2D eigenvalue weighted by molar-refractivity contribution is 6.31. The predicted molar refractivity (Wildman–Crippen MR) is 63.4 cm³/mol. The largest absolute Gasteiger partial charge is 0.248 e. The van der Waals surface area contributed by atoms with Gasteiger partial charge in [0.15, 0.2) is 5.82 Å². The smallest absolute Gasteiger partial charge is 0.150 e. The summed E-state index contributed by atoms with van der Waals surface area (Å²) in [5.41, 5.74) is 1.55. The summed E-state index contributed by atoms with van der Waals surface area (Å²) < 4.78 is 13.7. The molecule has 0 bridgehead atoms. The van der Waals surface area contributed by atoms with E-state index in [9.17, 15) is 4.39 Å². The molecule has 0 spiro atoms. The zero-order valence-electron chi connectivity index (χ0n) is 8.87. The first-order valence-corrected chi connectivity index (χ1v) is 5.76. The molecule has 17 heavy (non-hydrogen) atoms. The van der Waals surface area contributed by atoms with Crippen LogP contribution in [0.15, 0.2) is 18.2 Å². The van der Waals surface area contributed by atoms with Gasteiger partial charge in [0.2, 0.25) is 0 Å². The molecule has 1 aromatic carbocycles. The molecule has 1 saturated carbocycles. The fourth-order valence-electron chi connectivity index (χ4n) is 1.98. The Bertz CT molecular complexity index is 656. The van der Waals surface area contributed by atoms with Crippen LogP contribution < -0.4 is 0 Å². The molecule has 0 aliphatic heterocycles. The van der Waals surface area contributed by atoms with Crippen LogP contribution in [0.1, 0.15) is 30.0 Å². The molecule has 1 aliphatic rings. The van der Waals surface area contributed by atoms with Crippen molar-refractivity contribution in [3.05, 3.63) is 40.3 Å². The van der Waals surface area contributed by atoms with E-state index in [1.165, 1.54) is 6.07 Å². The van der Waals surface area contributed by atoms with Crippen molar-refractivity contribution < 1.29 is 4.39 Å². The fourth-order valence-corrected chi connectivity index (χ4v) is 2.19. The lowest BCUT2D eigenvalue weighted by Crippen LogP contribution is -1.95. The van der Waals surface area contributed by atoms with Crippen LogP contribution in [0.4, 0.5) is 4.39 Å². The lowest BCUT2D eigenvalue weighted by atomic mass is 10.1. The summed E-state index contributed by atoms with van der Waals surface area (Å²) >= 11 is 5.78. The van der Waals surface area contributed by atoms with Crippen LogP contribution in [-0.4, -0.2) is 4.98 Å². The van der Waals surface area contributed by atoms with E-state index in [4.69, 9.17) is 16.9 Å². The Hall–Kier alpha value is -1.66. The van der Waals surface area contributed by atoms with Crippen LogP contribution in [0.25, 0.3) is 10.9 Å². The van der Waals surface area contributed by atoms with Gasteiger partial charge in [0.25, 0.3) is 0 Å². The van der Waals surface area contributed by atoms with Gasteiger partial charge in [0.05, 0.1) is 11.3 Å². The first-order chi connectivity index (χ1) is 8.19. The van der Waals surface area contributed by atoms with Crippen molar-refractivity contribution in [2.45, 2.75) is 18.8 Å². The van der Waals surface area contributed by atoms with E-state index < -0.39 is 5.82 Å². The molecule has 1 aromatic heterocycles. The minimum Gasteiger partial charge on any atom is -0.248 e. The quantitative estimate of drug-likeness (QED) is 0.768. The molecule has 3 rings (SSSR count). The summed E-state index contributed by atoms with van der Waals surface area (Å²) in [4.78, 5) is 4.29. The molecule has 1 heterocycles. The predicted octanol–water partition coefficient (Wildman–Crippen LogP) is 3.78. The van der Waals surface area contributed by atoms with Crippen molar-refractivity contribution in [2.24, 2.45) is 0 Å². The van der Waals surface area contributed by atoms with Crippen molar-refractivity contribution in [3.63, 3.8) is 0 Å². The number of benzene rings is 1. The average molecular weight is 247 g/mol. The van der Waals surface area contributed by atoms with Gasteiger partial charge in [0.1, 0.15) is 11.6 Å². The van der Waals surface area contributed by atoms with Gasteiger partial charge in [-0.25, -0.2) is 9.37 Å². The highest BCUT2D eigenvalue weighted by Crippen LogP contribution is 2.41. The lowest BCUT2D eigenvalue weighted by molar-refractivity contribution is 0.636. The van der Waals surface area contributed by atoms with Crippen molar-refractivity contribution in [1.82, 2.24) is 4.98 Å². The van der Waals surface area contributed by atoms with Gasteiger partial charge in [-0.1, -0.05) is 11.6 Å². The highest BCUT2D eigenvalue weighted by Gasteiger charge is 2.28. The van der Waals surface area contributed by atoms with E-state index in [1.807, 2.05) is 0 Å². The molecule has 2 nitrogen and oxygen atoms in total. The van der Waals surface area contributed by atoms with Gasteiger partial charge in [-0.3, -0.25) is 0 Å². The van der Waals surface area contributed by atoms with Gasteiger partial charge in [0, 0.05) is 16.3 Å². The van der Waals surface area contributed by atoms with E-state index in [0.717, 1.165) is 18.5 Å². The van der Waals surface area contributed by atoms with E-state index in [-0.39, 0.29) is 0 Å². The van der Waals surface area contributed by atoms with Crippen LogP contribution in [0, 0.1) is 17.1 Å². The molecule has 1 fully saturated rings. The van der Waals surface area contributed by atoms with Gasteiger partial charge in [-0.05, 0) is 31.0 Å². The zero-order chi connectivity index (χ0) is 12.0. The van der Waals surface area contributed by atoms with Crippen LogP contribution in [0.2, 0.25) is 5.02 Å². The SMILES string of the molecule is N#Cc1cc2cc(Cl)cc(F)c2nc1C1CC1. The normalized spacial score (nSPS) is 14.9. The number of halogens is 2. The van der Waals surface area contributed by atoms with Crippen molar-refractivity contribution in [2.75, 3.05) is 0 Å². The third kappa shape index (κ3) is 1.75. The number of pyridine rings is 1. The molecule has 0 unspecified atom stereocenters. The second-order valence-electron chi connectivity index (χ2n) is 4.27. The summed E-state index contributed by atoms with van der Waals surface area (Å²) in [7, 11) is 0. The maximum Gasteiger partial charge on any atom is 0.150 e.